The third-order valence-corrected chi connectivity index (χ3v) is 9.25. The number of aliphatic imine (C=N–C) groups is 3. The molecule has 0 saturated carbocycles. The summed E-state index contributed by atoms with van der Waals surface area (Å²) in [4.78, 5) is 34.4. The Labute approximate surface area is 285 Å². The molecule has 0 amide bonds. The van der Waals surface area contributed by atoms with Crippen LogP contribution in [0, 0.1) is 0 Å². The Bertz CT molecular complexity index is 2490. The van der Waals surface area contributed by atoms with Crippen LogP contribution < -0.4 is 26.3 Å². The van der Waals surface area contributed by atoms with E-state index in [1.54, 1.807) is 24.3 Å². The van der Waals surface area contributed by atoms with Gasteiger partial charge in [-0.05, 0) is 51.4 Å². The van der Waals surface area contributed by atoms with Gasteiger partial charge in [-0.2, -0.15) is 0 Å². The van der Waals surface area contributed by atoms with Crippen molar-refractivity contribution in [3.05, 3.63) is 126 Å². The monoisotopic (exact) mass is 713 g/mol. The molecular formula is C32H14Cl4CuN8. The molecule has 9 rings (SSSR count). The van der Waals surface area contributed by atoms with Crippen molar-refractivity contribution in [1.82, 2.24) is 9.97 Å². The largest absolute Gasteiger partial charge is 2.00 e. The normalized spacial score (nSPS) is 17.2. The van der Waals surface area contributed by atoms with Gasteiger partial charge < -0.3 is 30.3 Å². The summed E-state index contributed by atoms with van der Waals surface area (Å²) in [6, 6.07) is 22.7. The molecule has 8 bridgehead atoms. The number of anilines is 1. The van der Waals surface area contributed by atoms with Crippen molar-refractivity contribution in [3.8, 4) is 0 Å². The van der Waals surface area contributed by atoms with Gasteiger partial charge in [0.15, 0.2) is 0 Å². The number of halogens is 4. The number of aromatic nitrogens is 2. The number of nitrogens with zero attached hydrogens (tertiary/aromatic N) is 7. The summed E-state index contributed by atoms with van der Waals surface area (Å²) in [6.45, 7) is 0. The van der Waals surface area contributed by atoms with E-state index in [9.17, 15) is 0 Å². The maximum atomic E-state index is 6.48. The molecule has 5 heterocycles. The predicted molar refractivity (Wildman–Crippen MR) is 175 cm³/mol. The first kappa shape index (κ1) is 28.5. The van der Waals surface area contributed by atoms with Gasteiger partial charge in [-0.15, -0.1) is 0 Å². The van der Waals surface area contributed by atoms with Crippen LogP contribution in [0.15, 0.2) is 97.8 Å². The minimum Gasteiger partial charge on any atom is -0.416 e. The molecule has 4 aromatic carbocycles. The van der Waals surface area contributed by atoms with Gasteiger partial charge >= 0.3 is 17.1 Å². The molecule has 8 nitrogen and oxygen atoms in total. The van der Waals surface area contributed by atoms with Crippen LogP contribution in [0.3, 0.4) is 0 Å². The number of amidine groups is 3. The standard InChI is InChI=1S/C32H14Cl4N8.Cu/c33-21-9-17-18(10-22(21)34)31-41-27-15-7-3-4-8-16(15)28(38-27)42-32-20-12-24(36)23(35)11-19(20)30(44-32)40-26-14-6-2-1-5-13(14)25(37-26)39-29(17)43-31;/h1-12,29,39H;/q-2;+2. The number of fused-ring (bicyclic) bond motifs is 18. The van der Waals surface area contributed by atoms with Gasteiger partial charge in [-0.3, -0.25) is 4.99 Å². The molecule has 3 aliphatic rings. The summed E-state index contributed by atoms with van der Waals surface area (Å²) in [7, 11) is 0. The second kappa shape index (κ2) is 10.6. The second-order valence-electron chi connectivity index (χ2n) is 10.4. The zero-order valence-corrected chi connectivity index (χ0v) is 26.4. The van der Waals surface area contributed by atoms with Crippen LogP contribution in [0.4, 0.5) is 11.6 Å². The summed E-state index contributed by atoms with van der Waals surface area (Å²) < 4.78 is 0. The van der Waals surface area contributed by atoms with Crippen LogP contribution in [0.25, 0.3) is 21.5 Å². The summed E-state index contributed by atoms with van der Waals surface area (Å²) >= 11 is 25.9. The first-order valence-electron chi connectivity index (χ1n) is 13.5. The third-order valence-electron chi connectivity index (χ3n) is 7.80. The third kappa shape index (κ3) is 4.46. The van der Waals surface area contributed by atoms with Crippen LogP contribution in [0.5, 0.6) is 0 Å². The van der Waals surface area contributed by atoms with Crippen LogP contribution in [-0.4, -0.2) is 17.5 Å². The Balaban J connectivity index is 0.00000300. The van der Waals surface area contributed by atoms with Crippen LogP contribution >= 0.6 is 46.4 Å². The van der Waals surface area contributed by atoms with E-state index in [1.807, 2.05) is 48.5 Å². The minimum absolute atomic E-state index is 0. The summed E-state index contributed by atoms with van der Waals surface area (Å²) in [5.41, 5.74) is 3.84. The molecule has 0 saturated heterocycles. The molecule has 13 heteroatoms. The van der Waals surface area contributed by atoms with Crippen molar-refractivity contribution >= 4 is 97.1 Å². The molecule has 221 valence electrons. The van der Waals surface area contributed by atoms with Gasteiger partial charge in [0.05, 0.1) is 37.6 Å². The maximum absolute atomic E-state index is 6.48. The topological polar surface area (TPSA) is 102 Å². The van der Waals surface area contributed by atoms with Gasteiger partial charge in [0.1, 0.15) is 6.17 Å². The predicted octanol–water partition coefficient (Wildman–Crippen LogP) is 7.18. The van der Waals surface area contributed by atoms with E-state index in [-0.39, 0.29) is 17.1 Å². The Kier molecular flexibility index (Phi) is 6.69. The van der Waals surface area contributed by atoms with Crippen LogP contribution in [0.2, 0.25) is 20.1 Å². The minimum atomic E-state index is -0.548. The van der Waals surface area contributed by atoms with Crippen molar-refractivity contribution in [2.75, 3.05) is 5.32 Å². The van der Waals surface area contributed by atoms with E-state index in [1.165, 1.54) is 0 Å². The molecule has 1 atom stereocenters. The van der Waals surface area contributed by atoms with Gasteiger partial charge in [-0.25, -0.2) is 4.99 Å². The van der Waals surface area contributed by atoms with Crippen molar-refractivity contribution in [3.63, 3.8) is 0 Å². The summed E-state index contributed by atoms with van der Waals surface area (Å²) in [5.74, 6) is 2.35. The Hall–Kier alpha value is -3.95. The van der Waals surface area contributed by atoms with E-state index < -0.39 is 6.17 Å². The van der Waals surface area contributed by atoms with Crippen LogP contribution in [-0.2, 0) is 17.1 Å². The molecule has 0 fully saturated rings. The van der Waals surface area contributed by atoms with E-state index in [0.717, 1.165) is 32.7 Å². The summed E-state index contributed by atoms with van der Waals surface area (Å²) in [6.07, 6.45) is -0.548. The van der Waals surface area contributed by atoms with Crippen molar-refractivity contribution < 1.29 is 17.1 Å². The number of nitrogens with one attached hydrogen (secondary N) is 1. The van der Waals surface area contributed by atoms with Gasteiger partial charge in [0, 0.05) is 39.3 Å². The molecule has 3 aliphatic heterocycles. The fourth-order valence-electron chi connectivity index (χ4n) is 5.75. The first-order valence-corrected chi connectivity index (χ1v) is 15.0. The quantitative estimate of drug-likeness (QED) is 0.169. The average Bonchev–Trinajstić information content (AvgIpc) is 3.73. The molecule has 1 radical (unpaired) electrons. The van der Waals surface area contributed by atoms with Crippen molar-refractivity contribution in [2.45, 2.75) is 6.17 Å². The number of rotatable bonds is 0. The molecule has 0 spiro atoms. The zero-order chi connectivity index (χ0) is 29.7. The smallest absolute Gasteiger partial charge is 0.416 e. The molecule has 0 aliphatic carbocycles. The fraction of sp³-hybridized carbons (Fsp3) is 0.0312. The van der Waals surface area contributed by atoms with E-state index >= 15 is 0 Å². The van der Waals surface area contributed by atoms with Crippen molar-refractivity contribution in [2.24, 2.45) is 25.0 Å². The summed E-state index contributed by atoms with van der Waals surface area (Å²) in [5, 5.41) is 8.39. The molecular weight excluding hydrogens is 702 g/mol. The molecule has 1 N–H and O–H groups in total. The molecule has 6 aromatic rings. The molecule has 2 aromatic heterocycles. The van der Waals surface area contributed by atoms with Crippen LogP contribution in [0.1, 0.15) is 28.4 Å². The SMILES string of the molecule is Clc1cc2c(cc1Cl)/C1=N/c3[n-]c(c4ccccc34)NC3N=C(N=c4[n-]c(c5ccccc45)=NC2=N1)c1cc(Cl)c(Cl)cc13.[Cu+2]. The van der Waals surface area contributed by atoms with Gasteiger partial charge in [0.25, 0.3) is 0 Å². The molecule has 45 heavy (non-hydrogen) atoms. The average molecular weight is 716 g/mol. The number of benzene rings is 4. The van der Waals surface area contributed by atoms with Crippen molar-refractivity contribution in [1.29, 1.82) is 0 Å². The Morgan fingerprint density at radius 2 is 1.09 bits per heavy atom. The van der Waals surface area contributed by atoms with E-state index in [2.05, 4.69) is 5.32 Å². The van der Waals surface area contributed by atoms with Gasteiger partial charge in [-0.1, -0.05) is 94.9 Å². The first-order chi connectivity index (χ1) is 21.4. The second-order valence-corrected chi connectivity index (χ2v) is 12.0. The molecule has 1 unspecified atom stereocenters. The zero-order valence-electron chi connectivity index (χ0n) is 22.4. The van der Waals surface area contributed by atoms with E-state index in [4.69, 9.17) is 81.3 Å². The van der Waals surface area contributed by atoms with Gasteiger partial charge in [0.2, 0.25) is 0 Å². The fourth-order valence-corrected chi connectivity index (χ4v) is 6.41. The Morgan fingerprint density at radius 3 is 1.76 bits per heavy atom. The maximum Gasteiger partial charge on any atom is 2.00 e. The number of hydrogen-bond acceptors (Lipinski definition) is 6. The number of hydrogen-bond donors (Lipinski definition) is 1. The Morgan fingerprint density at radius 1 is 0.556 bits per heavy atom. The van der Waals surface area contributed by atoms with E-state index in [0.29, 0.717) is 71.3 Å².